The Hall–Kier alpha value is -0.460. The van der Waals surface area contributed by atoms with Gasteiger partial charge in [-0.15, -0.1) is 0 Å². The van der Waals surface area contributed by atoms with E-state index in [1.165, 1.54) is 6.07 Å². The van der Waals surface area contributed by atoms with Gasteiger partial charge in [-0.2, -0.15) is 11.3 Å². The fourth-order valence-electron chi connectivity index (χ4n) is 1.73. The molecule has 2 nitrogen and oxygen atoms in total. The molecule has 0 radical (unpaired) electrons. The summed E-state index contributed by atoms with van der Waals surface area (Å²) in [4.78, 5) is 0. The summed E-state index contributed by atoms with van der Waals surface area (Å²) in [6.45, 7) is 0. The Bertz CT molecular complexity index is 526. The zero-order valence-electron chi connectivity index (χ0n) is 9.29. The Morgan fingerprint density at radius 1 is 1.44 bits per heavy atom. The molecule has 0 fully saturated rings. The van der Waals surface area contributed by atoms with Crippen LogP contribution in [0.1, 0.15) is 17.2 Å². The number of hydrazine groups is 1. The lowest BCUT2D eigenvalue weighted by Gasteiger charge is -2.17. The molecule has 0 aliphatic rings. The van der Waals surface area contributed by atoms with Crippen molar-refractivity contribution in [3.8, 4) is 0 Å². The molecule has 6 heteroatoms. The van der Waals surface area contributed by atoms with E-state index >= 15 is 0 Å². The molecule has 1 heterocycles. The smallest absolute Gasteiger partial charge is 0.127 e. The second kappa shape index (κ2) is 6.12. The van der Waals surface area contributed by atoms with Crippen LogP contribution in [-0.4, -0.2) is 0 Å². The largest absolute Gasteiger partial charge is 0.271 e. The van der Waals surface area contributed by atoms with Crippen LogP contribution < -0.4 is 11.3 Å². The van der Waals surface area contributed by atoms with Gasteiger partial charge >= 0.3 is 0 Å². The van der Waals surface area contributed by atoms with E-state index in [-0.39, 0.29) is 11.9 Å². The molecule has 0 spiro atoms. The van der Waals surface area contributed by atoms with Crippen molar-refractivity contribution >= 4 is 38.9 Å². The summed E-state index contributed by atoms with van der Waals surface area (Å²) in [6, 6.07) is 4.49. The van der Waals surface area contributed by atoms with Crippen LogP contribution >= 0.6 is 38.9 Å². The average Bonchev–Trinajstić information content (AvgIpc) is 2.76. The third-order valence-corrected chi connectivity index (χ3v) is 4.79. The van der Waals surface area contributed by atoms with Crippen LogP contribution in [0.4, 0.5) is 4.39 Å². The van der Waals surface area contributed by atoms with E-state index < -0.39 is 0 Å². The number of rotatable bonds is 4. The maximum Gasteiger partial charge on any atom is 0.127 e. The van der Waals surface area contributed by atoms with Crippen LogP contribution in [0.5, 0.6) is 0 Å². The van der Waals surface area contributed by atoms with Gasteiger partial charge in [0.05, 0.1) is 6.04 Å². The van der Waals surface area contributed by atoms with Gasteiger partial charge < -0.3 is 0 Å². The van der Waals surface area contributed by atoms with Crippen LogP contribution in [0.3, 0.4) is 0 Å². The van der Waals surface area contributed by atoms with Gasteiger partial charge in [-0.25, -0.2) is 4.39 Å². The zero-order valence-corrected chi connectivity index (χ0v) is 12.4. The van der Waals surface area contributed by atoms with Crippen molar-refractivity contribution in [2.45, 2.75) is 12.5 Å². The minimum Gasteiger partial charge on any atom is -0.271 e. The van der Waals surface area contributed by atoms with E-state index in [1.54, 1.807) is 23.5 Å². The van der Waals surface area contributed by atoms with Crippen molar-refractivity contribution in [3.63, 3.8) is 0 Å². The monoisotopic (exact) mass is 348 g/mol. The SMILES string of the molecule is NNC(Cc1c(F)cccc1Cl)c1cscc1Br. The van der Waals surface area contributed by atoms with E-state index in [0.717, 1.165) is 10.0 Å². The predicted molar refractivity (Wildman–Crippen MR) is 77.2 cm³/mol. The first-order valence-corrected chi connectivity index (χ1v) is 7.35. The molecule has 18 heavy (non-hydrogen) atoms. The summed E-state index contributed by atoms with van der Waals surface area (Å²) < 4.78 is 14.7. The summed E-state index contributed by atoms with van der Waals surface area (Å²) in [5.41, 5.74) is 4.17. The van der Waals surface area contributed by atoms with Crippen LogP contribution in [0.2, 0.25) is 5.02 Å². The lowest BCUT2D eigenvalue weighted by molar-refractivity contribution is 0.529. The molecule has 0 saturated heterocycles. The highest BCUT2D eigenvalue weighted by atomic mass is 79.9. The van der Waals surface area contributed by atoms with Crippen molar-refractivity contribution in [2.75, 3.05) is 0 Å². The van der Waals surface area contributed by atoms with Crippen molar-refractivity contribution in [2.24, 2.45) is 5.84 Å². The standard InChI is InChI=1S/C12H11BrClFN2S/c13-9-6-18-5-8(9)12(17-16)4-7-10(14)2-1-3-11(7)15/h1-3,5-6,12,17H,4,16H2. The Morgan fingerprint density at radius 2 is 2.22 bits per heavy atom. The maximum absolute atomic E-state index is 13.7. The van der Waals surface area contributed by atoms with Gasteiger partial charge in [0.15, 0.2) is 0 Å². The molecule has 1 atom stereocenters. The lowest BCUT2D eigenvalue weighted by Crippen LogP contribution is -2.29. The molecule has 0 aliphatic heterocycles. The molecule has 2 rings (SSSR count). The van der Waals surface area contributed by atoms with Crippen molar-refractivity contribution < 1.29 is 4.39 Å². The molecule has 0 saturated carbocycles. The van der Waals surface area contributed by atoms with Crippen LogP contribution in [0, 0.1) is 5.82 Å². The number of thiophene rings is 1. The average molecular weight is 350 g/mol. The fourth-order valence-corrected chi connectivity index (χ4v) is 3.60. The van der Waals surface area contributed by atoms with Gasteiger partial charge in [0.1, 0.15) is 5.82 Å². The minimum atomic E-state index is -0.311. The number of hydrogen-bond donors (Lipinski definition) is 2. The molecule has 96 valence electrons. The van der Waals surface area contributed by atoms with E-state index in [4.69, 9.17) is 17.4 Å². The lowest BCUT2D eigenvalue weighted by atomic mass is 10.0. The summed E-state index contributed by atoms with van der Waals surface area (Å²) in [6.07, 6.45) is 0.400. The first-order chi connectivity index (χ1) is 8.63. The van der Waals surface area contributed by atoms with Crippen LogP contribution in [-0.2, 0) is 6.42 Å². The number of nitrogens with two attached hydrogens (primary N) is 1. The fraction of sp³-hybridized carbons (Fsp3) is 0.167. The third-order valence-electron chi connectivity index (χ3n) is 2.69. The molecule has 1 aromatic heterocycles. The molecular weight excluding hydrogens is 339 g/mol. The highest BCUT2D eigenvalue weighted by molar-refractivity contribution is 9.10. The van der Waals surface area contributed by atoms with Gasteiger partial charge in [0.2, 0.25) is 0 Å². The topological polar surface area (TPSA) is 38.0 Å². The molecule has 2 aromatic rings. The molecular formula is C12H11BrClFN2S. The predicted octanol–water partition coefficient (Wildman–Crippen LogP) is 4.05. The summed E-state index contributed by atoms with van der Waals surface area (Å²) in [5, 5.41) is 4.35. The van der Waals surface area contributed by atoms with Crippen LogP contribution in [0.15, 0.2) is 33.4 Å². The van der Waals surface area contributed by atoms with Gasteiger partial charge in [-0.1, -0.05) is 17.7 Å². The third kappa shape index (κ3) is 2.92. The summed E-state index contributed by atoms with van der Waals surface area (Å²) >= 11 is 11.0. The second-order valence-electron chi connectivity index (χ2n) is 3.80. The first kappa shape index (κ1) is 14.0. The van der Waals surface area contributed by atoms with Gasteiger partial charge in [-0.05, 0) is 45.4 Å². The van der Waals surface area contributed by atoms with Gasteiger partial charge in [0.25, 0.3) is 0 Å². The molecule has 0 aliphatic carbocycles. The normalized spacial score (nSPS) is 12.7. The molecule has 1 unspecified atom stereocenters. The first-order valence-electron chi connectivity index (χ1n) is 5.24. The molecule has 3 N–H and O–H groups in total. The van der Waals surface area contributed by atoms with E-state index in [0.29, 0.717) is 17.0 Å². The van der Waals surface area contributed by atoms with Crippen molar-refractivity contribution in [1.82, 2.24) is 5.43 Å². The number of halogens is 3. The number of nitrogens with one attached hydrogen (secondary N) is 1. The van der Waals surface area contributed by atoms with Crippen molar-refractivity contribution in [3.05, 3.63) is 55.4 Å². The maximum atomic E-state index is 13.7. The zero-order chi connectivity index (χ0) is 13.1. The Kier molecular flexibility index (Phi) is 4.75. The van der Waals surface area contributed by atoms with Crippen molar-refractivity contribution in [1.29, 1.82) is 0 Å². The highest BCUT2D eigenvalue weighted by Crippen LogP contribution is 2.31. The quantitative estimate of drug-likeness (QED) is 0.645. The van der Waals surface area contributed by atoms with Gasteiger partial charge in [0, 0.05) is 20.4 Å². The Morgan fingerprint density at radius 3 is 2.78 bits per heavy atom. The van der Waals surface area contributed by atoms with E-state index in [2.05, 4.69) is 21.4 Å². The highest BCUT2D eigenvalue weighted by Gasteiger charge is 2.18. The summed E-state index contributed by atoms with van der Waals surface area (Å²) in [5.74, 6) is 5.24. The second-order valence-corrected chi connectivity index (χ2v) is 5.80. The van der Waals surface area contributed by atoms with Crippen LogP contribution in [0.25, 0.3) is 0 Å². The minimum absolute atomic E-state index is 0.181. The Labute approximate surface area is 122 Å². The van der Waals surface area contributed by atoms with E-state index in [1.807, 2.05) is 10.8 Å². The molecule has 0 bridgehead atoms. The molecule has 1 aromatic carbocycles. The summed E-state index contributed by atoms with van der Waals surface area (Å²) in [7, 11) is 0. The number of hydrogen-bond acceptors (Lipinski definition) is 3. The number of benzene rings is 1. The van der Waals surface area contributed by atoms with Gasteiger partial charge in [-0.3, -0.25) is 11.3 Å². The molecule has 0 amide bonds. The van der Waals surface area contributed by atoms with E-state index in [9.17, 15) is 4.39 Å². The Balaban J connectivity index is 2.29.